The van der Waals surface area contributed by atoms with Gasteiger partial charge in [-0.3, -0.25) is 0 Å². The van der Waals surface area contributed by atoms with E-state index < -0.39 is 0 Å². The fourth-order valence-electron chi connectivity index (χ4n) is 2.64. The van der Waals surface area contributed by atoms with Crippen molar-refractivity contribution >= 4 is 22.9 Å². The van der Waals surface area contributed by atoms with Gasteiger partial charge in [0, 0.05) is 27.6 Å². The number of rotatable bonds is 5. The van der Waals surface area contributed by atoms with Gasteiger partial charge in [-0.1, -0.05) is 35.9 Å². The molecule has 3 nitrogen and oxygen atoms in total. The van der Waals surface area contributed by atoms with Crippen molar-refractivity contribution in [2.75, 3.05) is 6.61 Å². The highest BCUT2D eigenvalue weighted by Crippen LogP contribution is 2.39. The van der Waals surface area contributed by atoms with E-state index in [0.29, 0.717) is 18.2 Å². The second-order valence-electron chi connectivity index (χ2n) is 5.36. The second-order valence-corrected chi connectivity index (χ2v) is 7.00. The molecule has 0 aliphatic rings. The van der Waals surface area contributed by atoms with Crippen LogP contribution in [0.5, 0.6) is 5.75 Å². The van der Waals surface area contributed by atoms with Gasteiger partial charge in [0.1, 0.15) is 10.8 Å². The monoisotopic (exact) mass is 358 g/mol. The molecule has 3 aromatic rings. The molecule has 0 aliphatic carbocycles. The zero-order valence-corrected chi connectivity index (χ0v) is 15.2. The molecule has 24 heavy (non-hydrogen) atoms. The lowest BCUT2D eigenvalue weighted by atomic mass is 10.1. The lowest BCUT2D eigenvalue weighted by Gasteiger charge is -2.09. The van der Waals surface area contributed by atoms with Gasteiger partial charge >= 0.3 is 0 Å². The van der Waals surface area contributed by atoms with Crippen molar-refractivity contribution < 1.29 is 4.74 Å². The van der Waals surface area contributed by atoms with Crippen LogP contribution in [0, 0.1) is 6.92 Å². The molecule has 1 heterocycles. The number of thiazole rings is 1. The molecule has 0 unspecified atom stereocenters. The maximum absolute atomic E-state index is 6.19. The number of ether oxygens (including phenoxy) is 1. The van der Waals surface area contributed by atoms with Gasteiger partial charge in [0.2, 0.25) is 0 Å². The van der Waals surface area contributed by atoms with E-state index in [2.05, 4.69) is 13.0 Å². The molecule has 3 rings (SSSR count). The van der Waals surface area contributed by atoms with Crippen LogP contribution in [0.25, 0.3) is 21.8 Å². The van der Waals surface area contributed by atoms with Gasteiger partial charge < -0.3 is 10.5 Å². The van der Waals surface area contributed by atoms with Gasteiger partial charge in [-0.15, -0.1) is 11.3 Å². The number of aryl methyl sites for hydroxylation is 1. The summed E-state index contributed by atoms with van der Waals surface area (Å²) in [5, 5.41) is 1.63. The first-order valence-electron chi connectivity index (χ1n) is 7.82. The third-order valence-corrected chi connectivity index (χ3v) is 5.00. The summed E-state index contributed by atoms with van der Waals surface area (Å²) in [5.74, 6) is 0.800. The van der Waals surface area contributed by atoms with Crippen molar-refractivity contribution in [3.63, 3.8) is 0 Å². The van der Waals surface area contributed by atoms with E-state index in [-0.39, 0.29) is 0 Å². The lowest BCUT2D eigenvalue weighted by molar-refractivity contribution is 0.341. The van der Waals surface area contributed by atoms with E-state index in [1.54, 1.807) is 11.3 Å². The van der Waals surface area contributed by atoms with Crippen LogP contribution in [0.3, 0.4) is 0 Å². The van der Waals surface area contributed by atoms with Crippen LogP contribution in [0.15, 0.2) is 42.5 Å². The third kappa shape index (κ3) is 3.31. The van der Waals surface area contributed by atoms with E-state index >= 15 is 0 Å². The van der Waals surface area contributed by atoms with Crippen molar-refractivity contribution in [2.45, 2.75) is 20.4 Å². The number of hydrogen-bond acceptors (Lipinski definition) is 4. The molecular formula is C19H19ClN2OS. The van der Waals surface area contributed by atoms with E-state index in [4.69, 9.17) is 27.1 Å². The third-order valence-electron chi connectivity index (χ3n) is 3.76. The Morgan fingerprint density at radius 1 is 1.17 bits per heavy atom. The molecule has 2 N–H and O–H groups in total. The first-order valence-corrected chi connectivity index (χ1v) is 9.02. The van der Waals surface area contributed by atoms with Gasteiger partial charge in [0.15, 0.2) is 0 Å². The molecule has 0 fully saturated rings. The quantitative estimate of drug-likeness (QED) is 0.673. The van der Waals surface area contributed by atoms with Crippen molar-refractivity contribution in [1.29, 1.82) is 0 Å². The van der Waals surface area contributed by atoms with Crippen LogP contribution in [-0.2, 0) is 6.54 Å². The first kappa shape index (κ1) is 17.0. The summed E-state index contributed by atoms with van der Waals surface area (Å²) in [6, 6.07) is 13.7. The van der Waals surface area contributed by atoms with Gasteiger partial charge in [-0.05, 0) is 37.6 Å². The van der Waals surface area contributed by atoms with Crippen molar-refractivity contribution in [2.24, 2.45) is 5.73 Å². The van der Waals surface area contributed by atoms with Crippen molar-refractivity contribution in [3.8, 4) is 27.6 Å². The zero-order chi connectivity index (χ0) is 17.1. The minimum Gasteiger partial charge on any atom is -0.493 e. The molecule has 5 heteroatoms. The number of nitrogens with zero attached hydrogens (tertiary/aromatic N) is 1. The molecular weight excluding hydrogens is 340 g/mol. The molecule has 0 aliphatic heterocycles. The van der Waals surface area contributed by atoms with Crippen LogP contribution in [0.1, 0.15) is 17.4 Å². The predicted molar refractivity (Wildman–Crippen MR) is 102 cm³/mol. The Morgan fingerprint density at radius 3 is 2.71 bits per heavy atom. The highest BCUT2D eigenvalue weighted by atomic mass is 35.5. The summed E-state index contributed by atoms with van der Waals surface area (Å²) < 4.78 is 5.75. The van der Waals surface area contributed by atoms with E-state index in [9.17, 15) is 0 Å². The first-order chi connectivity index (χ1) is 11.6. The molecule has 0 amide bonds. The highest BCUT2D eigenvalue weighted by Gasteiger charge is 2.17. The predicted octanol–water partition coefficient (Wildman–Crippen LogP) is 5.30. The van der Waals surface area contributed by atoms with E-state index in [1.807, 2.05) is 43.3 Å². The smallest absolute Gasteiger partial charge is 0.128 e. The fourth-order valence-corrected chi connectivity index (χ4v) is 3.80. The highest BCUT2D eigenvalue weighted by molar-refractivity contribution is 7.15. The Labute approximate surface area is 151 Å². The molecule has 0 spiro atoms. The SMILES string of the molecule is CCOc1ccc(Cl)cc1-c1nc(-c2ccccc2CN)sc1C. The van der Waals surface area contributed by atoms with Crippen molar-refractivity contribution in [3.05, 3.63) is 57.9 Å². The largest absolute Gasteiger partial charge is 0.493 e. The summed E-state index contributed by atoms with van der Waals surface area (Å²) in [6.07, 6.45) is 0. The summed E-state index contributed by atoms with van der Waals surface area (Å²) in [4.78, 5) is 5.99. The average molecular weight is 359 g/mol. The molecule has 0 atom stereocenters. The number of nitrogens with two attached hydrogens (primary N) is 1. The summed E-state index contributed by atoms with van der Waals surface area (Å²) in [6.45, 7) is 5.12. The maximum atomic E-state index is 6.19. The molecule has 0 bridgehead atoms. The number of aromatic nitrogens is 1. The Balaban J connectivity index is 2.12. The molecule has 1 aromatic heterocycles. The normalized spacial score (nSPS) is 10.8. The fraction of sp³-hybridized carbons (Fsp3) is 0.211. The standard InChI is InChI=1S/C19H19ClN2OS/c1-3-23-17-9-8-14(20)10-16(17)18-12(2)24-19(22-18)15-7-5-4-6-13(15)11-21/h4-10H,3,11,21H2,1-2H3. The van der Waals surface area contributed by atoms with Crippen LogP contribution < -0.4 is 10.5 Å². The minimum absolute atomic E-state index is 0.492. The van der Waals surface area contributed by atoms with Gasteiger partial charge in [-0.25, -0.2) is 4.98 Å². The van der Waals surface area contributed by atoms with Crippen LogP contribution in [-0.4, -0.2) is 11.6 Å². The maximum Gasteiger partial charge on any atom is 0.128 e. The van der Waals surface area contributed by atoms with Gasteiger partial charge in [0.05, 0.1) is 12.3 Å². The Hall–Kier alpha value is -1.88. The van der Waals surface area contributed by atoms with E-state index in [0.717, 1.165) is 38.0 Å². The summed E-state index contributed by atoms with van der Waals surface area (Å²) >= 11 is 7.85. The lowest BCUT2D eigenvalue weighted by Crippen LogP contribution is -1.98. The number of halogens is 1. The van der Waals surface area contributed by atoms with Crippen LogP contribution in [0.4, 0.5) is 0 Å². The Kier molecular flexibility index (Phi) is 5.19. The molecule has 0 saturated heterocycles. The van der Waals surface area contributed by atoms with Gasteiger partial charge in [0.25, 0.3) is 0 Å². The Bertz CT molecular complexity index is 860. The summed E-state index contributed by atoms with van der Waals surface area (Å²) in [7, 11) is 0. The second kappa shape index (κ2) is 7.34. The van der Waals surface area contributed by atoms with Crippen LogP contribution >= 0.6 is 22.9 Å². The minimum atomic E-state index is 0.492. The average Bonchev–Trinajstić information content (AvgIpc) is 2.98. The Morgan fingerprint density at radius 2 is 1.96 bits per heavy atom. The summed E-state index contributed by atoms with van der Waals surface area (Å²) in [5.41, 5.74) is 9.88. The number of benzene rings is 2. The number of hydrogen-bond donors (Lipinski definition) is 1. The zero-order valence-electron chi connectivity index (χ0n) is 13.7. The topological polar surface area (TPSA) is 48.1 Å². The van der Waals surface area contributed by atoms with E-state index in [1.165, 1.54) is 0 Å². The molecule has 124 valence electrons. The molecule has 0 saturated carbocycles. The molecule has 2 aromatic carbocycles. The molecule has 0 radical (unpaired) electrons. The van der Waals surface area contributed by atoms with Gasteiger partial charge in [-0.2, -0.15) is 0 Å². The van der Waals surface area contributed by atoms with Crippen LogP contribution in [0.2, 0.25) is 5.02 Å². The van der Waals surface area contributed by atoms with Crippen molar-refractivity contribution in [1.82, 2.24) is 4.98 Å².